The first-order valence-electron chi connectivity index (χ1n) is 9.15. The van der Waals surface area contributed by atoms with E-state index in [2.05, 4.69) is 46.7 Å². The number of nitro benzene ring substituents is 1. The lowest BCUT2D eigenvalue weighted by Crippen LogP contribution is -2.17. The normalized spacial score (nSPS) is 11.1. The molecule has 0 aliphatic carbocycles. The number of H-pyrrole nitrogens is 1. The topological polar surface area (TPSA) is 113 Å². The molecule has 0 unspecified atom stereocenters. The van der Waals surface area contributed by atoms with Crippen LogP contribution in [0.3, 0.4) is 0 Å². The fraction of sp³-hybridized carbons (Fsp3) is 0.190. The molecule has 0 fully saturated rings. The highest BCUT2D eigenvalue weighted by Crippen LogP contribution is 2.19. The van der Waals surface area contributed by atoms with Gasteiger partial charge in [0.1, 0.15) is 5.69 Å². The lowest BCUT2D eigenvalue weighted by molar-refractivity contribution is -0.384. The van der Waals surface area contributed by atoms with Crippen LogP contribution in [0.1, 0.15) is 35.5 Å². The highest BCUT2D eigenvalue weighted by atomic mass is 16.6. The van der Waals surface area contributed by atoms with Gasteiger partial charge in [-0.2, -0.15) is 10.2 Å². The van der Waals surface area contributed by atoms with Crippen LogP contribution >= 0.6 is 0 Å². The molecular formula is C21H21N5O3. The third kappa shape index (κ3) is 5.35. The highest BCUT2D eigenvalue weighted by Gasteiger charge is 2.11. The molecule has 148 valence electrons. The Hall–Kier alpha value is -3.81. The van der Waals surface area contributed by atoms with Crippen LogP contribution in [0.5, 0.6) is 0 Å². The highest BCUT2D eigenvalue weighted by molar-refractivity contribution is 5.94. The fourth-order valence-electron chi connectivity index (χ4n) is 2.78. The van der Waals surface area contributed by atoms with Crippen molar-refractivity contribution in [3.63, 3.8) is 0 Å². The Kier molecular flexibility index (Phi) is 6.13. The molecule has 0 aliphatic rings. The van der Waals surface area contributed by atoms with E-state index in [4.69, 9.17) is 0 Å². The van der Waals surface area contributed by atoms with Gasteiger partial charge in [0.2, 0.25) is 0 Å². The van der Waals surface area contributed by atoms with Crippen LogP contribution in [0.4, 0.5) is 5.69 Å². The minimum absolute atomic E-state index is 0.00610. The Morgan fingerprint density at radius 3 is 2.52 bits per heavy atom. The maximum absolute atomic E-state index is 12.2. The lowest BCUT2D eigenvalue weighted by Gasteiger charge is -2.05. The summed E-state index contributed by atoms with van der Waals surface area (Å²) in [5.41, 5.74) is 6.16. The molecule has 1 aromatic heterocycles. The maximum Gasteiger partial charge on any atom is 0.289 e. The van der Waals surface area contributed by atoms with Crippen molar-refractivity contribution in [2.45, 2.75) is 20.3 Å². The number of amides is 1. The predicted molar refractivity (Wildman–Crippen MR) is 111 cm³/mol. The monoisotopic (exact) mass is 391 g/mol. The molecule has 0 aliphatic heterocycles. The van der Waals surface area contributed by atoms with Crippen LogP contribution in [0, 0.1) is 16.0 Å². The number of nitro groups is 1. The first-order chi connectivity index (χ1) is 13.9. The van der Waals surface area contributed by atoms with E-state index in [0.717, 1.165) is 12.0 Å². The van der Waals surface area contributed by atoms with Crippen LogP contribution < -0.4 is 5.43 Å². The van der Waals surface area contributed by atoms with Gasteiger partial charge >= 0.3 is 0 Å². The van der Waals surface area contributed by atoms with Crippen molar-refractivity contribution in [2.24, 2.45) is 11.0 Å². The number of aromatic nitrogens is 2. The SMILES string of the molecule is CC(C)Cc1ccc(-c2cc(C(=O)N/N=C/c3ccc([N+](=O)[O-])cc3)[nH]n2)cc1. The molecule has 8 nitrogen and oxygen atoms in total. The van der Waals surface area contributed by atoms with Crippen LogP contribution in [0.2, 0.25) is 0 Å². The van der Waals surface area contributed by atoms with E-state index in [1.165, 1.54) is 23.9 Å². The standard InChI is InChI=1S/C21H21N5O3/c1-14(2)11-15-3-7-17(8-4-15)19-12-20(24-23-19)21(27)25-22-13-16-5-9-18(10-6-16)26(28)29/h3-10,12-14H,11H2,1-2H3,(H,23,24)(H,25,27)/b22-13+. The summed E-state index contributed by atoms with van der Waals surface area (Å²) < 4.78 is 0. The second kappa shape index (κ2) is 8.92. The van der Waals surface area contributed by atoms with Crippen molar-refractivity contribution < 1.29 is 9.72 Å². The Morgan fingerprint density at radius 1 is 1.21 bits per heavy atom. The van der Waals surface area contributed by atoms with Crippen molar-refractivity contribution in [3.05, 3.63) is 81.5 Å². The number of benzene rings is 2. The molecule has 0 bridgehead atoms. The molecule has 0 saturated carbocycles. The second-order valence-electron chi connectivity index (χ2n) is 7.01. The largest absolute Gasteiger partial charge is 0.289 e. The average molecular weight is 391 g/mol. The number of rotatable bonds is 7. The quantitative estimate of drug-likeness (QED) is 0.361. The van der Waals surface area contributed by atoms with Gasteiger partial charge in [-0.1, -0.05) is 38.1 Å². The van der Waals surface area contributed by atoms with E-state index in [0.29, 0.717) is 17.2 Å². The van der Waals surface area contributed by atoms with E-state index in [1.807, 2.05) is 12.1 Å². The Morgan fingerprint density at radius 2 is 1.90 bits per heavy atom. The summed E-state index contributed by atoms with van der Waals surface area (Å²) in [6, 6.07) is 15.6. The molecule has 0 spiro atoms. The van der Waals surface area contributed by atoms with Crippen LogP contribution in [-0.4, -0.2) is 27.2 Å². The molecular weight excluding hydrogens is 370 g/mol. The number of aromatic amines is 1. The fourth-order valence-corrected chi connectivity index (χ4v) is 2.78. The predicted octanol–water partition coefficient (Wildman–Crippen LogP) is 3.95. The maximum atomic E-state index is 12.2. The van der Waals surface area contributed by atoms with Crippen LogP contribution in [0.15, 0.2) is 59.7 Å². The van der Waals surface area contributed by atoms with Crippen molar-refractivity contribution in [2.75, 3.05) is 0 Å². The molecule has 0 atom stereocenters. The van der Waals surface area contributed by atoms with E-state index in [9.17, 15) is 14.9 Å². The first-order valence-corrected chi connectivity index (χ1v) is 9.15. The van der Waals surface area contributed by atoms with E-state index in [1.54, 1.807) is 18.2 Å². The number of nitrogens with zero attached hydrogens (tertiary/aromatic N) is 3. The number of hydrazone groups is 1. The second-order valence-corrected chi connectivity index (χ2v) is 7.01. The first kappa shape index (κ1) is 19.9. The van der Waals surface area contributed by atoms with Gasteiger partial charge in [0.15, 0.2) is 0 Å². The third-order valence-electron chi connectivity index (χ3n) is 4.20. The molecule has 3 rings (SSSR count). The number of hydrogen-bond donors (Lipinski definition) is 2. The molecule has 0 saturated heterocycles. The van der Waals surface area contributed by atoms with Gasteiger partial charge in [0.05, 0.1) is 16.8 Å². The summed E-state index contributed by atoms with van der Waals surface area (Å²) in [6.07, 6.45) is 2.42. The van der Waals surface area contributed by atoms with E-state index >= 15 is 0 Å². The van der Waals surface area contributed by atoms with Gasteiger partial charge in [0.25, 0.3) is 11.6 Å². The number of carbonyl (C=O) groups excluding carboxylic acids is 1. The number of non-ortho nitro benzene ring substituents is 1. The van der Waals surface area contributed by atoms with Gasteiger partial charge in [-0.15, -0.1) is 0 Å². The molecule has 0 radical (unpaired) electrons. The van der Waals surface area contributed by atoms with Gasteiger partial charge in [-0.05, 0) is 41.7 Å². The zero-order chi connectivity index (χ0) is 20.8. The van der Waals surface area contributed by atoms with Gasteiger partial charge < -0.3 is 0 Å². The molecule has 1 heterocycles. The van der Waals surface area contributed by atoms with Crippen LogP contribution in [0.25, 0.3) is 11.3 Å². The Labute approximate surface area is 167 Å². The van der Waals surface area contributed by atoms with Gasteiger partial charge in [-0.3, -0.25) is 20.0 Å². The summed E-state index contributed by atoms with van der Waals surface area (Å²) in [4.78, 5) is 22.4. The number of carbonyl (C=O) groups is 1. The Balaban J connectivity index is 1.61. The zero-order valence-electron chi connectivity index (χ0n) is 16.1. The summed E-state index contributed by atoms with van der Waals surface area (Å²) in [7, 11) is 0. The van der Waals surface area contributed by atoms with Crippen LogP contribution in [-0.2, 0) is 6.42 Å². The van der Waals surface area contributed by atoms with Crippen molar-refractivity contribution >= 4 is 17.8 Å². The minimum atomic E-state index is -0.476. The summed E-state index contributed by atoms with van der Waals surface area (Å²) in [6.45, 7) is 4.35. The number of nitrogens with one attached hydrogen (secondary N) is 2. The smallest absolute Gasteiger partial charge is 0.272 e. The summed E-state index contributed by atoms with van der Waals surface area (Å²) >= 11 is 0. The Bertz CT molecular complexity index is 1020. The molecule has 8 heteroatoms. The lowest BCUT2D eigenvalue weighted by atomic mass is 10.0. The molecule has 1 amide bonds. The number of hydrogen-bond acceptors (Lipinski definition) is 5. The third-order valence-corrected chi connectivity index (χ3v) is 4.20. The molecule has 2 N–H and O–H groups in total. The van der Waals surface area contributed by atoms with Crippen molar-refractivity contribution in [1.82, 2.24) is 15.6 Å². The van der Waals surface area contributed by atoms with E-state index in [-0.39, 0.29) is 11.4 Å². The van der Waals surface area contributed by atoms with Crippen molar-refractivity contribution in [1.29, 1.82) is 0 Å². The average Bonchev–Trinajstić information content (AvgIpc) is 3.19. The van der Waals surface area contributed by atoms with Crippen molar-refractivity contribution in [3.8, 4) is 11.3 Å². The van der Waals surface area contributed by atoms with Gasteiger partial charge in [0, 0.05) is 17.7 Å². The summed E-state index contributed by atoms with van der Waals surface area (Å²) in [5, 5.41) is 21.4. The zero-order valence-corrected chi connectivity index (χ0v) is 16.1. The summed E-state index contributed by atoms with van der Waals surface area (Å²) in [5.74, 6) is 0.159. The molecule has 3 aromatic rings. The molecule has 29 heavy (non-hydrogen) atoms. The molecule has 2 aromatic carbocycles. The minimum Gasteiger partial charge on any atom is -0.272 e. The van der Waals surface area contributed by atoms with Gasteiger partial charge in [-0.25, -0.2) is 5.43 Å². The van der Waals surface area contributed by atoms with E-state index < -0.39 is 10.8 Å².